The lowest BCUT2D eigenvalue weighted by atomic mass is 10.1. The van der Waals surface area contributed by atoms with E-state index in [1.165, 1.54) is 6.07 Å². The predicted molar refractivity (Wildman–Crippen MR) is 82.7 cm³/mol. The van der Waals surface area contributed by atoms with Gasteiger partial charge in [-0.1, -0.05) is 17.3 Å². The second-order valence-corrected chi connectivity index (χ2v) is 5.01. The zero-order valence-electron chi connectivity index (χ0n) is 10.7. The van der Waals surface area contributed by atoms with Crippen LogP contribution in [0, 0.1) is 0 Å². The minimum Gasteiger partial charge on any atom is -0.507 e. The van der Waals surface area contributed by atoms with Crippen molar-refractivity contribution >= 4 is 33.4 Å². The number of nitrogens with one attached hydrogen (secondary N) is 1. The molecular formula is C14H12BrN3O3. The zero-order valence-corrected chi connectivity index (χ0v) is 12.3. The van der Waals surface area contributed by atoms with Crippen molar-refractivity contribution in [1.82, 2.24) is 0 Å². The van der Waals surface area contributed by atoms with E-state index in [2.05, 4.69) is 26.4 Å². The third-order valence-electron chi connectivity index (χ3n) is 2.77. The Bertz CT molecular complexity index is 716. The SMILES string of the molecule is N/C(=N/O)c1ccccc1NC(=O)c1ccc(Br)c(O)c1. The van der Waals surface area contributed by atoms with Gasteiger partial charge in [-0.15, -0.1) is 0 Å². The Hall–Kier alpha value is -2.54. The summed E-state index contributed by atoms with van der Waals surface area (Å²) >= 11 is 3.14. The van der Waals surface area contributed by atoms with Crippen LogP contribution in [0.15, 0.2) is 52.1 Å². The molecule has 1 amide bonds. The summed E-state index contributed by atoms with van der Waals surface area (Å²) in [6.45, 7) is 0. The highest BCUT2D eigenvalue weighted by Crippen LogP contribution is 2.25. The molecule has 5 N–H and O–H groups in total. The van der Waals surface area contributed by atoms with E-state index in [-0.39, 0.29) is 17.1 Å². The number of oxime groups is 1. The smallest absolute Gasteiger partial charge is 0.255 e. The van der Waals surface area contributed by atoms with Crippen molar-refractivity contribution in [2.75, 3.05) is 5.32 Å². The van der Waals surface area contributed by atoms with E-state index >= 15 is 0 Å². The van der Waals surface area contributed by atoms with Crippen LogP contribution in [0.2, 0.25) is 0 Å². The van der Waals surface area contributed by atoms with Crippen LogP contribution in [0.5, 0.6) is 5.75 Å². The van der Waals surface area contributed by atoms with Crippen molar-refractivity contribution in [3.05, 3.63) is 58.1 Å². The lowest BCUT2D eigenvalue weighted by molar-refractivity contribution is 0.102. The Morgan fingerprint density at radius 1 is 1.24 bits per heavy atom. The van der Waals surface area contributed by atoms with E-state index in [0.29, 0.717) is 15.7 Å². The summed E-state index contributed by atoms with van der Waals surface area (Å²) in [5.74, 6) is -0.562. The Morgan fingerprint density at radius 3 is 2.62 bits per heavy atom. The molecule has 0 aliphatic carbocycles. The number of carbonyl (C=O) groups is 1. The number of halogens is 1. The summed E-state index contributed by atoms with van der Waals surface area (Å²) in [6, 6.07) is 11.1. The number of amidine groups is 1. The molecule has 0 radical (unpaired) electrons. The summed E-state index contributed by atoms with van der Waals surface area (Å²) in [7, 11) is 0. The minimum atomic E-state index is -0.420. The number of para-hydroxylation sites is 1. The van der Waals surface area contributed by atoms with Gasteiger partial charge < -0.3 is 21.4 Å². The molecular weight excluding hydrogens is 338 g/mol. The first kappa shape index (κ1) is 14.9. The number of benzene rings is 2. The molecule has 0 unspecified atom stereocenters. The zero-order chi connectivity index (χ0) is 15.4. The van der Waals surface area contributed by atoms with Crippen molar-refractivity contribution in [2.24, 2.45) is 10.9 Å². The highest BCUT2D eigenvalue weighted by Gasteiger charge is 2.12. The summed E-state index contributed by atoms with van der Waals surface area (Å²) in [4.78, 5) is 12.2. The second-order valence-electron chi connectivity index (χ2n) is 4.15. The van der Waals surface area contributed by atoms with Crippen LogP contribution in [0.1, 0.15) is 15.9 Å². The number of aromatic hydroxyl groups is 1. The summed E-state index contributed by atoms with van der Waals surface area (Å²) in [5, 5.41) is 23.9. The molecule has 0 saturated carbocycles. The summed E-state index contributed by atoms with van der Waals surface area (Å²) in [5.41, 5.74) is 6.64. The van der Waals surface area contributed by atoms with Crippen LogP contribution < -0.4 is 11.1 Å². The Labute approximate surface area is 129 Å². The number of rotatable bonds is 3. The number of nitrogens with zero attached hydrogens (tertiary/aromatic N) is 1. The van der Waals surface area contributed by atoms with Crippen LogP contribution in [0.4, 0.5) is 5.69 Å². The molecule has 6 nitrogen and oxygen atoms in total. The monoisotopic (exact) mass is 349 g/mol. The van der Waals surface area contributed by atoms with E-state index in [0.717, 1.165) is 0 Å². The number of hydrogen-bond acceptors (Lipinski definition) is 4. The van der Waals surface area contributed by atoms with Gasteiger partial charge in [0.05, 0.1) is 10.2 Å². The lowest BCUT2D eigenvalue weighted by Crippen LogP contribution is -2.19. The first-order valence-electron chi connectivity index (χ1n) is 5.89. The van der Waals surface area contributed by atoms with Crippen LogP contribution in [0.25, 0.3) is 0 Å². The van der Waals surface area contributed by atoms with Crippen molar-refractivity contribution in [1.29, 1.82) is 0 Å². The van der Waals surface area contributed by atoms with Gasteiger partial charge in [0.2, 0.25) is 0 Å². The third-order valence-corrected chi connectivity index (χ3v) is 3.44. The molecule has 0 fully saturated rings. The van der Waals surface area contributed by atoms with Gasteiger partial charge in [-0.2, -0.15) is 0 Å². The first-order chi connectivity index (χ1) is 10.0. The van der Waals surface area contributed by atoms with Crippen LogP contribution >= 0.6 is 15.9 Å². The highest BCUT2D eigenvalue weighted by atomic mass is 79.9. The molecule has 0 saturated heterocycles. The van der Waals surface area contributed by atoms with Gasteiger partial charge in [-0.3, -0.25) is 4.79 Å². The van der Waals surface area contributed by atoms with Crippen molar-refractivity contribution in [2.45, 2.75) is 0 Å². The van der Waals surface area contributed by atoms with Crippen molar-refractivity contribution < 1.29 is 15.1 Å². The van der Waals surface area contributed by atoms with Gasteiger partial charge in [0, 0.05) is 11.1 Å². The normalized spacial score (nSPS) is 11.2. The molecule has 2 aromatic rings. The largest absolute Gasteiger partial charge is 0.507 e. The fourth-order valence-electron chi connectivity index (χ4n) is 1.72. The standard InChI is InChI=1S/C14H12BrN3O3/c15-10-6-5-8(7-12(10)19)14(20)17-11-4-2-1-3-9(11)13(16)18-21/h1-7,19,21H,(H2,16,18)(H,17,20). The lowest BCUT2D eigenvalue weighted by Gasteiger charge is -2.10. The quantitative estimate of drug-likeness (QED) is 0.295. The summed E-state index contributed by atoms with van der Waals surface area (Å²) < 4.78 is 0.496. The number of hydrogen-bond donors (Lipinski definition) is 4. The molecule has 108 valence electrons. The van der Waals surface area contributed by atoms with Crippen molar-refractivity contribution in [3.63, 3.8) is 0 Å². The Balaban J connectivity index is 2.30. The molecule has 0 atom stereocenters. The minimum absolute atomic E-state index is 0.0348. The van der Waals surface area contributed by atoms with Crippen LogP contribution in [-0.2, 0) is 0 Å². The molecule has 2 aromatic carbocycles. The van der Waals surface area contributed by atoms with Gasteiger partial charge in [-0.05, 0) is 46.3 Å². The summed E-state index contributed by atoms with van der Waals surface area (Å²) in [6.07, 6.45) is 0. The van der Waals surface area contributed by atoms with Gasteiger partial charge in [0.15, 0.2) is 5.84 Å². The van der Waals surface area contributed by atoms with Gasteiger partial charge in [-0.25, -0.2) is 0 Å². The van der Waals surface area contributed by atoms with E-state index < -0.39 is 5.91 Å². The molecule has 0 spiro atoms. The molecule has 0 bridgehead atoms. The molecule has 0 heterocycles. The maximum atomic E-state index is 12.2. The molecule has 0 aliphatic rings. The van der Waals surface area contributed by atoms with Crippen LogP contribution in [-0.4, -0.2) is 22.1 Å². The van der Waals surface area contributed by atoms with Crippen LogP contribution in [0.3, 0.4) is 0 Å². The first-order valence-corrected chi connectivity index (χ1v) is 6.69. The van der Waals surface area contributed by atoms with Gasteiger partial charge >= 0.3 is 0 Å². The van der Waals surface area contributed by atoms with E-state index in [1.54, 1.807) is 36.4 Å². The highest BCUT2D eigenvalue weighted by molar-refractivity contribution is 9.10. The number of phenolic OH excluding ortho intramolecular Hbond substituents is 1. The van der Waals surface area contributed by atoms with E-state index in [1.807, 2.05) is 0 Å². The fraction of sp³-hybridized carbons (Fsp3) is 0. The van der Waals surface area contributed by atoms with Crippen molar-refractivity contribution in [3.8, 4) is 5.75 Å². The average Bonchev–Trinajstić information content (AvgIpc) is 2.49. The Morgan fingerprint density at radius 2 is 1.95 bits per heavy atom. The fourth-order valence-corrected chi connectivity index (χ4v) is 1.96. The molecule has 21 heavy (non-hydrogen) atoms. The molecule has 2 rings (SSSR count). The molecule has 7 heteroatoms. The van der Waals surface area contributed by atoms with E-state index in [4.69, 9.17) is 10.9 Å². The second kappa shape index (κ2) is 6.27. The number of phenols is 1. The number of nitrogens with two attached hydrogens (primary N) is 1. The maximum Gasteiger partial charge on any atom is 0.255 e. The maximum absolute atomic E-state index is 12.2. The number of amides is 1. The predicted octanol–water partition coefficient (Wildman–Crippen LogP) is 2.50. The average molecular weight is 350 g/mol. The van der Waals surface area contributed by atoms with Gasteiger partial charge in [0.25, 0.3) is 5.91 Å². The topological polar surface area (TPSA) is 108 Å². The van der Waals surface area contributed by atoms with Gasteiger partial charge in [0.1, 0.15) is 5.75 Å². The third kappa shape index (κ3) is 3.32. The number of carbonyl (C=O) groups excluding carboxylic acids is 1. The molecule has 0 aliphatic heterocycles. The molecule has 0 aromatic heterocycles. The Kier molecular flexibility index (Phi) is 4.44. The number of anilines is 1. The van der Waals surface area contributed by atoms with E-state index in [9.17, 15) is 9.90 Å².